The number of nitrogens with two attached hydrogens (primary N) is 1. The quantitative estimate of drug-likeness (QED) is 0.743. The fourth-order valence-corrected chi connectivity index (χ4v) is 3.14. The first kappa shape index (κ1) is 18.9. The van der Waals surface area contributed by atoms with Crippen LogP contribution in [0.4, 0.5) is 0 Å². The average molecular weight is 372 g/mol. The maximum atomic E-state index is 12.7. The van der Waals surface area contributed by atoms with Crippen molar-refractivity contribution in [2.45, 2.75) is 38.2 Å². The van der Waals surface area contributed by atoms with Gasteiger partial charge in [0.25, 0.3) is 5.91 Å². The minimum atomic E-state index is -1.59. The lowest BCUT2D eigenvalue weighted by atomic mass is 9.90. The molecule has 1 aliphatic heterocycles. The molecule has 4 N–H and O–H groups in total. The summed E-state index contributed by atoms with van der Waals surface area (Å²) in [6, 6.07) is 7.72. The van der Waals surface area contributed by atoms with Gasteiger partial charge in [-0.05, 0) is 23.6 Å². The Bertz CT molecular complexity index is 849. The summed E-state index contributed by atoms with van der Waals surface area (Å²) >= 11 is 0. The lowest BCUT2D eigenvalue weighted by Crippen LogP contribution is -2.53. The van der Waals surface area contributed by atoms with Gasteiger partial charge in [-0.2, -0.15) is 5.10 Å². The van der Waals surface area contributed by atoms with Crippen LogP contribution in [-0.2, 0) is 4.79 Å². The Morgan fingerprint density at radius 2 is 1.78 bits per heavy atom. The van der Waals surface area contributed by atoms with Gasteiger partial charge in [0, 0.05) is 25.9 Å². The Hall–Kier alpha value is -2.87. The number of carbonyl (C=O) groups is 2. The molecular weight excluding hydrogens is 348 g/mol. The number of hydrogen-bond donors (Lipinski definition) is 3. The zero-order valence-electron chi connectivity index (χ0n) is 15.4. The van der Waals surface area contributed by atoms with E-state index < -0.39 is 17.4 Å². The first-order chi connectivity index (χ1) is 12.7. The first-order valence-corrected chi connectivity index (χ1v) is 8.92. The van der Waals surface area contributed by atoms with Crippen molar-refractivity contribution in [3.63, 3.8) is 0 Å². The van der Waals surface area contributed by atoms with Gasteiger partial charge in [-0.25, -0.2) is 4.68 Å². The highest BCUT2D eigenvalue weighted by molar-refractivity contribution is 5.95. The number of rotatable bonds is 4. The van der Waals surface area contributed by atoms with Gasteiger partial charge < -0.3 is 20.8 Å². The molecule has 0 bridgehead atoms. The summed E-state index contributed by atoms with van der Waals surface area (Å²) in [5.41, 5.74) is 5.47. The molecule has 2 aromatic rings. The maximum absolute atomic E-state index is 12.7. The molecule has 0 radical (unpaired) electrons. The molecule has 0 atom stereocenters. The van der Waals surface area contributed by atoms with E-state index in [1.165, 1.54) is 21.3 Å². The SMILES string of the molecule is CC(C)c1ccc(-n2cc(O)c(C(=O)N3CCC(O)(C(N)=O)CC3)n2)cc1. The van der Waals surface area contributed by atoms with Crippen LogP contribution in [0.1, 0.15) is 48.7 Å². The predicted molar refractivity (Wildman–Crippen MR) is 98.6 cm³/mol. The third-order valence-electron chi connectivity index (χ3n) is 5.06. The van der Waals surface area contributed by atoms with E-state index in [0.29, 0.717) is 5.92 Å². The van der Waals surface area contributed by atoms with E-state index in [4.69, 9.17) is 5.73 Å². The fraction of sp³-hybridized carbons (Fsp3) is 0.421. The molecule has 8 heteroatoms. The summed E-state index contributed by atoms with van der Waals surface area (Å²) in [5.74, 6) is -1.05. The van der Waals surface area contributed by atoms with Crippen LogP contribution in [0.2, 0.25) is 0 Å². The molecule has 0 aliphatic carbocycles. The Morgan fingerprint density at radius 3 is 2.30 bits per heavy atom. The summed E-state index contributed by atoms with van der Waals surface area (Å²) in [6.45, 7) is 4.52. The highest BCUT2D eigenvalue weighted by Gasteiger charge is 2.39. The molecular formula is C19H24N4O4. The zero-order chi connectivity index (χ0) is 19.8. The van der Waals surface area contributed by atoms with Crippen LogP contribution in [0.5, 0.6) is 5.75 Å². The van der Waals surface area contributed by atoms with Crippen LogP contribution in [-0.4, -0.2) is 55.4 Å². The van der Waals surface area contributed by atoms with Gasteiger partial charge in [-0.15, -0.1) is 0 Å². The molecule has 2 heterocycles. The molecule has 27 heavy (non-hydrogen) atoms. The predicted octanol–water partition coefficient (Wildman–Crippen LogP) is 1.15. The molecule has 2 amide bonds. The average Bonchev–Trinajstić information content (AvgIpc) is 3.03. The van der Waals surface area contributed by atoms with Crippen molar-refractivity contribution in [1.82, 2.24) is 14.7 Å². The Balaban J connectivity index is 1.76. The van der Waals surface area contributed by atoms with Crippen LogP contribution < -0.4 is 5.73 Å². The molecule has 0 unspecified atom stereocenters. The molecule has 3 rings (SSSR count). The van der Waals surface area contributed by atoms with Crippen molar-refractivity contribution in [2.75, 3.05) is 13.1 Å². The molecule has 1 saturated heterocycles. The standard InChI is InChI=1S/C19H24N4O4/c1-12(2)13-3-5-14(6-4-13)23-11-15(24)16(21-23)17(25)22-9-7-19(27,8-10-22)18(20)26/h3-6,11-12,24,27H,7-10H2,1-2H3,(H2,20,26). The monoisotopic (exact) mass is 372 g/mol. The summed E-state index contributed by atoms with van der Waals surface area (Å²) < 4.78 is 1.45. The smallest absolute Gasteiger partial charge is 0.278 e. The van der Waals surface area contributed by atoms with Gasteiger partial charge in [0.1, 0.15) is 5.60 Å². The number of piperidine rings is 1. The van der Waals surface area contributed by atoms with Gasteiger partial charge in [0.15, 0.2) is 11.4 Å². The third kappa shape index (κ3) is 3.66. The highest BCUT2D eigenvalue weighted by atomic mass is 16.3. The van der Waals surface area contributed by atoms with Crippen molar-refractivity contribution in [3.05, 3.63) is 41.7 Å². The van der Waals surface area contributed by atoms with E-state index in [1.807, 2.05) is 24.3 Å². The number of amides is 2. The zero-order valence-corrected chi connectivity index (χ0v) is 15.4. The van der Waals surface area contributed by atoms with Gasteiger partial charge in [0.05, 0.1) is 11.9 Å². The second-order valence-electron chi connectivity index (χ2n) is 7.24. The molecule has 1 aromatic heterocycles. The van der Waals surface area contributed by atoms with Crippen LogP contribution in [0.15, 0.2) is 30.5 Å². The fourth-order valence-electron chi connectivity index (χ4n) is 3.14. The molecule has 8 nitrogen and oxygen atoms in total. The van der Waals surface area contributed by atoms with E-state index >= 15 is 0 Å². The highest BCUT2D eigenvalue weighted by Crippen LogP contribution is 2.26. The Kier molecular flexibility index (Phi) is 4.93. The number of primary amides is 1. The van der Waals surface area contributed by atoms with Crippen LogP contribution in [0.25, 0.3) is 5.69 Å². The number of aliphatic hydroxyl groups is 1. The third-order valence-corrected chi connectivity index (χ3v) is 5.06. The summed E-state index contributed by atoms with van der Waals surface area (Å²) in [7, 11) is 0. The van der Waals surface area contributed by atoms with Crippen LogP contribution in [0.3, 0.4) is 0 Å². The molecule has 1 aliphatic rings. The van der Waals surface area contributed by atoms with Crippen molar-refractivity contribution in [1.29, 1.82) is 0 Å². The Morgan fingerprint density at radius 1 is 1.19 bits per heavy atom. The normalized spacial score (nSPS) is 16.5. The molecule has 0 saturated carbocycles. The van der Waals surface area contributed by atoms with E-state index in [9.17, 15) is 19.8 Å². The van der Waals surface area contributed by atoms with Crippen molar-refractivity contribution in [3.8, 4) is 11.4 Å². The number of nitrogens with zero attached hydrogens (tertiary/aromatic N) is 3. The van der Waals surface area contributed by atoms with E-state index in [0.717, 1.165) is 5.69 Å². The Labute approximate surface area is 157 Å². The van der Waals surface area contributed by atoms with Crippen molar-refractivity contribution >= 4 is 11.8 Å². The van der Waals surface area contributed by atoms with Gasteiger partial charge in [0.2, 0.25) is 5.91 Å². The summed E-state index contributed by atoms with van der Waals surface area (Å²) in [6.07, 6.45) is 1.51. The number of aromatic hydroxyl groups is 1. The number of hydrogen-bond acceptors (Lipinski definition) is 5. The van der Waals surface area contributed by atoms with E-state index in [-0.39, 0.29) is 37.4 Å². The van der Waals surface area contributed by atoms with Crippen molar-refractivity contribution in [2.24, 2.45) is 5.73 Å². The van der Waals surface area contributed by atoms with E-state index in [2.05, 4.69) is 18.9 Å². The maximum Gasteiger partial charge on any atom is 0.278 e. The second kappa shape index (κ2) is 7.03. The first-order valence-electron chi connectivity index (χ1n) is 8.92. The second-order valence-corrected chi connectivity index (χ2v) is 7.24. The summed E-state index contributed by atoms with van der Waals surface area (Å²) in [4.78, 5) is 25.4. The largest absolute Gasteiger partial charge is 0.504 e. The molecule has 144 valence electrons. The molecule has 0 spiro atoms. The number of aromatic nitrogens is 2. The molecule has 1 aromatic carbocycles. The van der Waals surface area contributed by atoms with Crippen LogP contribution in [0, 0.1) is 0 Å². The number of likely N-dealkylation sites (tertiary alicyclic amines) is 1. The van der Waals surface area contributed by atoms with Crippen LogP contribution >= 0.6 is 0 Å². The van der Waals surface area contributed by atoms with E-state index in [1.54, 1.807) is 0 Å². The van der Waals surface area contributed by atoms with Gasteiger partial charge in [-0.3, -0.25) is 9.59 Å². The lowest BCUT2D eigenvalue weighted by Gasteiger charge is -2.35. The van der Waals surface area contributed by atoms with Gasteiger partial charge >= 0.3 is 0 Å². The van der Waals surface area contributed by atoms with Gasteiger partial charge in [-0.1, -0.05) is 26.0 Å². The minimum absolute atomic E-state index is 0.0617. The molecule has 1 fully saturated rings. The summed E-state index contributed by atoms with van der Waals surface area (Å²) in [5, 5.41) is 24.5. The van der Waals surface area contributed by atoms with Crippen molar-refractivity contribution < 1.29 is 19.8 Å². The minimum Gasteiger partial charge on any atom is -0.504 e. The lowest BCUT2D eigenvalue weighted by molar-refractivity contribution is -0.140. The topological polar surface area (TPSA) is 122 Å². The number of benzene rings is 1. The number of carbonyl (C=O) groups excluding carboxylic acids is 2.